The fourth-order valence-corrected chi connectivity index (χ4v) is 2.74. The molecule has 1 aliphatic rings. The first-order valence-electron chi connectivity index (χ1n) is 7.19. The lowest BCUT2D eigenvalue weighted by Crippen LogP contribution is -2.26. The Morgan fingerprint density at radius 3 is 2.48 bits per heavy atom. The molecule has 2 heterocycles. The smallest absolute Gasteiger partial charge is 0.223 e. The van der Waals surface area contributed by atoms with Crippen LogP contribution in [0.25, 0.3) is 0 Å². The standard InChI is InChI=1S/C16H19FN4/c1-11-9-12(2)19-16(18-11)20-14-7-8-21(10-14)15-5-3-13(17)4-6-15/h3-6,9,14H,7-8,10H2,1-2H3,(H,18,19,20). The predicted molar refractivity (Wildman–Crippen MR) is 82.1 cm³/mol. The first kappa shape index (κ1) is 13.8. The summed E-state index contributed by atoms with van der Waals surface area (Å²) in [5.74, 6) is 0.495. The summed E-state index contributed by atoms with van der Waals surface area (Å²) in [6, 6.07) is 8.93. The second kappa shape index (κ2) is 5.68. The van der Waals surface area contributed by atoms with E-state index in [4.69, 9.17) is 0 Å². The molecule has 0 amide bonds. The molecule has 1 aromatic heterocycles. The normalized spacial score (nSPS) is 18.0. The summed E-state index contributed by atoms with van der Waals surface area (Å²) >= 11 is 0. The number of aromatic nitrogens is 2. The van der Waals surface area contributed by atoms with Gasteiger partial charge in [0.05, 0.1) is 0 Å². The van der Waals surface area contributed by atoms with Gasteiger partial charge in [0, 0.05) is 36.2 Å². The average molecular weight is 286 g/mol. The van der Waals surface area contributed by atoms with Crippen molar-refractivity contribution >= 4 is 11.6 Å². The predicted octanol–water partition coefficient (Wildman–Crippen LogP) is 2.92. The van der Waals surface area contributed by atoms with Crippen molar-refractivity contribution < 1.29 is 4.39 Å². The molecular formula is C16H19FN4. The SMILES string of the molecule is Cc1cc(C)nc(NC2CCN(c3ccc(F)cc3)C2)n1. The molecule has 4 nitrogen and oxygen atoms in total. The van der Waals surface area contributed by atoms with E-state index in [9.17, 15) is 4.39 Å². The largest absolute Gasteiger partial charge is 0.369 e. The molecule has 0 saturated carbocycles. The molecule has 0 spiro atoms. The first-order chi connectivity index (χ1) is 10.1. The third kappa shape index (κ3) is 3.29. The van der Waals surface area contributed by atoms with E-state index in [-0.39, 0.29) is 5.82 Å². The van der Waals surface area contributed by atoms with E-state index < -0.39 is 0 Å². The maximum atomic E-state index is 13.0. The summed E-state index contributed by atoms with van der Waals surface area (Å²) in [7, 11) is 0. The summed E-state index contributed by atoms with van der Waals surface area (Å²) < 4.78 is 13.0. The van der Waals surface area contributed by atoms with Crippen molar-refractivity contribution in [3.05, 3.63) is 47.5 Å². The van der Waals surface area contributed by atoms with E-state index in [0.29, 0.717) is 12.0 Å². The molecule has 1 unspecified atom stereocenters. The second-order valence-electron chi connectivity index (χ2n) is 5.53. The first-order valence-corrected chi connectivity index (χ1v) is 7.19. The van der Waals surface area contributed by atoms with Crippen LogP contribution in [0.4, 0.5) is 16.0 Å². The van der Waals surface area contributed by atoms with Gasteiger partial charge < -0.3 is 10.2 Å². The highest BCUT2D eigenvalue weighted by atomic mass is 19.1. The van der Waals surface area contributed by atoms with E-state index in [2.05, 4.69) is 20.2 Å². The van der Waals surface area contributed by atoms with Crippen molar-refractivity contribution in [2.24, 2.45) is 0 Å². The molecule has 5 heteroatoms. The third-order valence-corrected chi connectivity index (χ3v) is 3.70. The van der Waals surface area contributed by atoms with Gasteiger partial charge in [-0.3, -0.25) is 0 Å². The minimum atomic E-state index is -0.198. The number of hydrogen-bond acceptors (Lipinski definition) is 4. The van der Waals surface area contributed by atoms with Crippen LogP contribution >= 0.6 is 0 Å². The summed E-state index contributed by atoms with van der Waals surface area (Å²) in [4.78, 5) is 11.1. The highest BCUT2D eigenvalue weighted by molar-refractivity contribution is 5.48. The van der Waals surface area contributed by atoms with Crippen molar-refractivity contribution in [2.75, 3.05) is 23.3 Å². The molecule has 1 aromatic carbocycles. The zero-order valence-electron chi connectivity index (χ0n) is 12.3. The lowest BCUT2D eigenvalue weighted by molar-refractivity contribution is 0.627. The van der Waals surface area contributed by atoms with Gasteiger partial charge in [-0.15, -0.1) is 0 Å². The number of halogens is 1. The van der Waals surface area contributed by atoms with Gasteiger partial charge in [0.1, 0.15) is 5.82 Å². The van der Waals surface area contributed by atoms with Crippen molar-refractivity contribution in [3.8, 4) is 0 Å². The number of rotatable bonds is 3. The van der Waals surface area contributed by atoms with Gasteiger partial charge >= 0.3 is 0 Å². The summed E-state index contributed by atoms with van der Waals surface area (Å²) in [5, 5.41) is 3.40. The zero-order valence-corrected chi connectivity index (χ0v) is 12.3. The number of aryl methyl sites for hydroxylation is 2. The molecule has 0 bridgehead atoms. The lowest BCUT2D eigenvalue weighted by Gasteiger charge is -2.19. The Hall–Kier alpha value is -2.17. The molecule has 110 valence electrons. The Morgan fingerprint density at radius 1 is 1.14 bits per heavy atom. The van der Waals surface area contributed by atoms with Crippen molar-refractivity contribution in [2.45, 2.75) is 26.3 Å². The van der Waals surface area contributed by atoms with E-state index in [0.717, 1.165) is 36.6 Å². The summed E-state index contributed by atoms with van der Waals surface area (Å²) in [6.45, 7) is 5.77. The molecule has 21 heavy (non-hydrogen) atoms. The molecular weight excluding hydrogens is 267 g/mol. The number of nitrogens with zero attached hydrogens (tertiary/aromatic N) is 3. The highest BCUT2D eigenvalue weighted by Gasteiger charge is 2.23. The summed E-state index contributed by atoms with van der Waals surface area (Å²) in [5.41, 5.74) is 3.00. The maximum Gasteiger partial charge on any atom is 0.223 e. The van der Waals surface area contributed by atoms with E-state index >= 15 is 0 Å². The molecule has 3 rings (SSSR count). The molecule has 1 saturated heterocycles. The van der Waals surface area contributed by atoms with Gasteiger partial charge in [0.25, 0.3) is 0 Å². The Bertz CT molecular complexity index is 606. The Morgan fingerprint density at radius 2 is 1.81 bits per heavy atom. The van der Waals surface area contributed by atoms with E-state index in [1.165, 1.54) is 12.1 Å². The van der Waals surface area contributed by atoms with Crippen LogP contribution in [0.5, 0.6) is 0 Å². The minimum Gasteiger partial charge on any atom is -0.369 e. The van der Waals surface area contributed by atoms with Crippen LogP contribution in [0.3, 0.4) is 0 Å². The Kier molecular flexibility index (Phi) is 3.73. The average Bonchev–Trinajstić information content (AvgIpc) is 2.87. The molecule has 1 atom stereocenters. The van der Waals surface area contributed by atoms with Gasteiger partial charge in [-0.25, -0.2) is 14.4 Å². The van der Waals surface area contributed by atoms with Gasteiger partial charge in [-0.05, 0) is 50.6 Å². The molecule has 1 aliphatic heterocycles. The van der Waals surface area contributed by atoms with Gasteiger partial charge in [-0.1, -0.05) is 0 Å². The van der Waals surface area contributed by atoms with Gasteiger partial charge in [0.2, 0.25) is 5.95 Å². The fraction of sp³-hybridized carbons (Fsp3) is 0.375. The number of hydrogen-bond donors (Lipinski definition) is 1. The number of nitrogens with one attached hydrogen (secondary N) is 1. The Balaban J connectivity index is 1.65. The van der Waals surface area contributed by atoms with Crippen LogP contribution in [0.1, 0.15) is 17.8 Å². The van der Waals surface area contributed by atoms with E-state index in [1.807, 2.05) is 32.0 Å². The Labute approximate surface area is 124 Å². The number of anilines is 2. The molecule has 2 aromatic rings. The van der Waals surface area contributed by atoms with Crippen LogP contribution in [-0.2, 0) is 0 Å². The zero-order chi connectivity index (χ0) is 14.8. The molecule has 0 aliphatic carbocycles. The lowest BCUT2D eigenvalue weighted by atomic mass is 10.2. The minimum absolute atomic E-state index is 0.198. The van der Waals surface area contributed by atoms with Gasteiger partial charge in [-0.2, -0.15) is 0 Å². The second-order valence-corrected chi connectivity index (χ2v) is 5.53. The van der Waals surface area contributed by atoms with Crippen LogP contribution in [0.15, 0.2) is 30.3 Å². The number of benzene rings is 1. The molecule has 1 fully saturated rings. The highest BCUT2D eigenvalue weighted by Crippen LogP contribution is 2.22. The van der Waals surface area contributed by atoms with Crippen LogP contribution in [-0.4, -0.2) is 29.1 Å². The molecule has 0 radical (unpaired) electrons. The third-order valence-electron chi connectivity index (χ3n) is 3.70. The van der Waals surface area contributed by atoms with Crippen molar-refractivity contribution in [1.29, 1.82) is 0 Å². The van der Waals surface area contributed by atoms with Crippen LogP contribution < -0.4 is 10.2 Å². The van der Waals surface area contributed by atoms with Crippen molar-refractivity contribution in [3.63, 3.8) is 0 Å². The molecule has 1 N–H and O–H groups in total. The maximum absolute atomic E-state index is 13.0. The van der Waals surface area contributed by atoms with Crippen LogP contribution in [0, 0.1) is 19.7 Å². The van der Waals surface area contributed by atoms with Gasteiger partial charge in [0.15, 0.2) is 0 Å². The van der Waals surface area contributed by atoms with E-state index in [1.54, 1.807) is 0 Å². The summed E-state index contributed by atoms with van der Waals surface area (Å²) in [6.07, 6.45) is 1.02. The fourth-order valence-electron chi connectivity index (χ4n) is 2.74. The monoisotopic (exact) mass is 286 g/mol. The quantitative estimate of drug-likeness (QED) is 0.942. The van der Waals surface area contributed by atoms with Crippen LogP contribution in [0.2, 0.25) is 0 Å². The topological polar surface area (TPSA) is 41.1 Å². The van der Waals surface area contributed by atoms with Crippen molar-refractivity contribution in [1.82, 2.24) is 9.97 Å².